The van der Waals surface area contributed by atoms with Crippen molar-refractivity contribution in [1.29, 1.82) is 0 Å². The lowest BCUT2D eigenvalue weighted by Crippen LogP contribution is -2.26. The first-order chi connectivity index (χ1) is 18.0. The van der Waals surface area contributed by atoms with Crippen molar-refractivity contribution in [1.82, 2.24) is 5.32 Å². The van der Waals surface area contributed by atoms with Gasteiger partial charge in [0.2, 0.25) is 0 Å². The van der Waals surface area contributed by atoms with Gasteiger partial charge in [0.25, 0.3) is 0 Å². The third-order valence-corrected chi connectivity index (χ3v) is 6.21. The molecule has 4 rings (SSSR count). The summed E-state index contributed by atoms with van der Waals surface area (Å²) in [5.41, 5.74) is 7.01. The summed E-state index contributed by atoms with van der Waals surface area (Å²) in [5.74, 6) is -0.896. The molecule has 4 aromatic carbocycles. The molecule has 0 saturated heterocycles. The summed E-state index contributed by atoms with van der Waals surface area (Å²) in [7, 11) is 0. The summed E-state index contributed by atoms with van der Waals surface area (Å²) in [6, 6.07) is 33.9. The van der Waals surface area contributed by atoms with E-state index in [1.54, 1.807) is 6.92 Å². The monoisotopic (exact) mass is 493 g/mol. The fraction of sp³-hybridized carbons (Fsp3) is 0.188. The number of ketones is 1. The van der Waals surface area contributed by atoms with Gasteiger partial charge in [0, 0.05) is 25.1 Å². The molecule has 5 nitrogen and oxygen atoms in total. The van der Waals surface area contributed by atoms with Gasteiger partial charge in [-0.25, -0.2) is 4.79 Å². The van der Waals surface area contributed by atoms with E-state index < -0.39 is 12.1 Å². The lowest BCUT2D eigenvalue weighted by atomic mass is 10.00. The molecule has 37 heavy (non-hydrogen) atoms. The van der Waals surface area contributed by atoms with Crippen molar-refractivity contribution in [2.75, 3.05) is 13.2 Å². The molecule has 0 spiro atoms. The Balaban J connectivity index is 1.32. The average molecular weight is 494 g/mol. The van der Waals surface area contributed by atoms with Crippen molar-refractivity contribution in [3.63, 3.8) is 0 Å². The predicted molar refractivity (Wildman–Crippen MR) is 147 cm³/mol. The van der Waals surface area contributed by atoms with Gasteiger partial charge in [-0.2, -0.15) is 0 Å². The van der Waals surface area contributed by atoms with Crippen LogP contribution in [0.25, 0.3) is 22.3 Å². The number of benzene rings is 4. The molecule has 0 amide bonds. The molecule has 1 atom stereocenters. The molecule has 0 radical (unpaired) electrons. The van der Waals surface area contributed by atoms with Gasteiger partial charge in [0.1, 0.15) is 0 Å². The molecular weight excluding hydrogens is 462 g/mol. The number of nitrogens with one attached hydrogen (secondary N) is 1. The van der Waals surface area contributed by atoms with Crippen LogP contribution in [0, 0.1) is 0 Å². The van der Waals surface area contributed by atoms with Crippen LogP contribution in [0.3, 0.4) is 0 Å². The van der Waals surface area contributed by atoms with Crippen molar-refractivity contribution in [3.8, 4) is 22.3 Å². The molecule has 4 aromatic rings. The SMILES string of the molecule is CCO[C@@H](Cc1ccc(-c2cccc(CNCC(=O)c3ccc(-c4ccccc4)cc3)c2)cc1)C(=O)O. The molecule has 0 aromatic heterocycles. The molecule has 0 saturated carbocycles. The first-order valence-electron chi connectivity index (χ1n) is 12.5. The molecule has 0 aliphatic carbocycles. The number of Topliss-reactive ketones (excluding diaryl/α,β-unsaturated/α-hetero) is 1. The Bertz CT molecular complexity index is 1320. The molecule has 0 unspecified atom stereocenters. The Hall–Kier alpha value is -4.06. The minimum absolute atomic E-state index is 0.0538. The summed E-state index contributed by atoms with van der Waals surface area (Å²) in [6.45, 7) is 2.99. The highest BCUT2D eigenvalue weighted by molar-refractivity contribution is 5.98. The zero-order valence-corrected chi connectivity index (χ0v) is 20.9. The van der Waals surface area contributed by atoms with Gasteiger partial charge >= 0.3 is 5.97 Å². The van der Waals surface area contributed by atoms with Gasteiger partial charge in [-0.1, -0.05) is 97.1 Å². The average Bonchev–Trinajstić information content (AvgIpc) is 2.94. The number of hydrogen-bond donors (Lipinski definition) is 2. The van der Waals surface area contributed by atoms with Crippen molar-refractivity contribution < 1.29 is 19.4 Å². The molecule has 2 N–H and O–H groups in total. The Labute approximate surface area is 217 Å². The molecule has 0 aliphatic rings. The highest BCUT2D eigenvalue weighted by Crippen LogP contribution is 2.22. The number of rotatable bonds is 12. The van der Waals surface area contributed by atoms with Crippen molar-refractivity contribution in [2.45, 2.75) is 26.0 Å². The molecule has 0 heterocycles. The van der Waals surface area contributed by atoms with E-state index >= 15 is 0 Å². The van der Waals surface area contributed by atoms with E-state index in [0.717, 1.165) is 33.4 Å². The fourth-order valence-corrected chi connectivity index (χ4v) is 4.23. The van der Waals surface area contributed by atoms with Crippen molar-refractivity contribution in [3.05, 3.63) is 120 Å². The maximum absolute atomic E-state index is 12.7. The second kappa shape index (κ2) is 12.8. The second-order valence-electron chi connectivity index (χ2n) is 8.85. The topological polar surface area (TPSA) is 75.6 Å². The summed E-state index contributed by atoms with van der Waals surface area (Å²) in [6.07, 6.45) is -0.508. The van der Waals surface area contributed by atoms with Gasteiger partial charge in [0.05, 0.1) is 6.54 Å². The zero-order valence-electron chi connectivity index (χ0n) is 20.9. The van der Waals surface area contributed by atoms with E-state index in [4.69, 9.17) is 4.74 Å². The fourth-order valence-electron chi connectivity index (χ4n) is 4.23. The number of carboxylic acid groups (broad SMARTS) is 1. The van der Waals surface area contributed by atoms with Crippen LogP contribution in [-0.4, -0.2) is 36.1 Å². The minimum atomic E-state index is -0.950. The highest BCUT2D eigenvalue weighted by atomic mass is 16.5. The van der Waals surface area contributed by atoms with Gasteiger partial charge in [0.15, 0.2) is 11.9 Å². The molecule has 0 bridgehead atoms. The molecule has 0 fully saturated rings. The second-order valence-corrected chi connectivity index (χ2v) is 8.85. The van der Waals surface area contributed by atoms with Crippen LogP contribution in [0.5, 0.6) is 0 Å². The zero-order chi connectivity index (χ0) is 26.0. The number of carbonyl (C=O) groups is 2. The molecule has 188 valence electrons. The number of carbonyl (C=O) groups excluding carboxylic acids is 1. The number of hydrogen-bond acceptors (Lipinski definition) is 4. The maximum atomic E-state index is 12.7. The van der Waals surface area contributed by atoms with Crippen LogP contribution in [0.2, 0.25) is 0 Å². The lowest BCUT2D eigenvalue weighted by Gasteiger charge is -2.13. The largest absolute Gasteiger partial charge is 0.479 e. The number of ether oxygens (including phenoxy) is 1. The van der Waals surface area contributed by atoms with Crippen molar-refractivity contribution >= 4 is 11.8 Å². The number of carboxylic acids is 1. The quantitative estimate of drug-likeness (QED) is 0.236. The van der Waals surface area contributed by atoms with Crippen LogP contribution in [0.1, 0.15) is 28.4 Å². The molecule has 0 aliphatic heterocycles. The van der Waals surface area contributed by atoms with Crippen LogP contribution in [0.15, 0.2) is 103 Å². The normalized spacial score (nSPS) is 11.7. The van der Waals surface area contributed by atoms with Gasteiger partial charge in [-0.05, 0) is 46.4 Å². The summed E-state index contributed by atoms with van der Waals surface area (Å²) < 4.78 is 5.31. The minimum Gasteiger partial charge on any atom is -0.479 e. The Kier molecular flexibility index (Phi) is 8.98. The first-order valence-corrected chi connectivity index (χ1v) is 12.5. The van der Waals surface area contributed by atoms with Crippen LogP contribution in [0.4, 0.5) is 0 Å². The number of aliphatic carboxylic acids is 1. The summed E-state index contributed by atoms with van der Waals surface area (Å²) in [4.78, 5) is 24.0. The van der Waals surface area contributed by atoms with E-state index in [1.165, 1.54) is 0 Å². The van der Waals surface area contributed by atoms with Gasteiger partial charge in [-0.3, -0.25) is 4.79 Å². The molecular formula is C32H31NO4. The van der Waals surface area contributed by atoms with Gasteiger partial charge in [-0.15, -0.1) is 0 Å². The summed E-state index contributed by atoms with van der Waals surface area (Å²) >= 11 is 0. The Morgan fingerprint density at radius 3 is 2.05 bits per heavy atom. The van der Waals surface area contributed by atoms with E-state index in [9.17, 15) is 14.7 Å². The highest BCUT2D eigenvalue weighted by Gasteiger charge is 2.17. The van der Waals surface area contributed by atoms with E-state index in [-0.39, 0.29) is 12.3 Å². The smallest absolute Gasteiger partial charge is 0.333 e. The van der Waals surface area contributed by atoms with Crippen LogP contribution >= 0.6 is 0 Å². The van der Waals surface area contributed by atoms with Crippen molar-refractivity contribution in [2.24, 2.45) is 0 Å². The van der Waals surface area contributed by atoms with Crippen LogP contribution < -0.4 is 5.32 Å². The van der Waals surface area contributed by atoms with Gasteiger partial charge < -0.3 is 15.2 Å². The Morgan fingerprint density at radius 1 is 0.757 bits per heavy atom. The van der Waals surface area contributed by atoms with E-state index in [0.29, 0.717) is 25.1 Å². The first kappa shape index (κ1) is 26.0. The lowest BCUT2D eigenvalue weighted by molar-refractivity contribution is -0.149. The standard InChI is InChI=1S/C32H31NO4/c1-2-37-31(32(35)36)20-23-11-13-27(14-12-23)29-10-6-7-24(19-29)21-33-22-30(34)28-17-15-26(16-18-28)25-8-4-3-5-9-25/h3-19,31,33H,2,20-22H2,1H3,(H,35,36)/t31-/m0/s1. The predicted octanol–water partition coefficient (Wildman–Crippen LogP) is 6.03. The third-order valence-electron chi connectivity index (χ3n) is 6.21. The van der Waals surface area contributed by atoms with E-state index in [1.807, 2.05) is 84.9 Å². The maximum Gasteiger partial charge on any atom is 0.333 e. The van der Waals surface area contributed by atoms with Crippen LogP contribution in [-0.2, 0) is 22.5 Å². The van der Waals surface area contributed by atoms with E-state index in [2.05, 4.69) is 23.5 Å². The Morgan fingerprint density at radius 2 is 1.38 bits per heavy atom. The third kappa shape index (κ3) is 7.23. The summed E-state index contributed by atoms with van der Waals surface area (Å²) in [5, 5.41) is 12.6. The molecule has 5 heteroatoms.